The highest BCUT2D eigenvalue weighted by atomic mass is 16.5. The number of rotatable bonds is 5. The standard InChI is InChI=1S/C14H15NO3/c1-2-17-14(16)7-9-18-12-6-5-11-4-3-8-15-13(11)10-12/h3-6,8,10H,2,7,9H2,1H3. The minimum Gasteiger partial charge on any atom is -0.493 e. The number of carbonyl (C=O) groups is 1. The number of aromatic nitrogens is 1. The minimum absolute atomic E-state index is 0.239. The van der Waals surface area contributed by atoms with Crippen LogP contribution in [0.5, 0.6) is 5.75 Å². The third-order valence-corrected chi connectivity index (χ3v) is 2.46. The molecule has 1 aromatic heterocycles. The fraction of sp³-hybridized carbons (Fsp3) is 0.286. The Balaban J connectivity index is 1.93. The second-order valence-electron chi connectivity index (χ2n) is 3.76. The molecule has 0 unspecified atom stereocenters. The lowest BCUT2D eigenvalue weighted by molar-refractivity contribution is -0.143. The molecule has 0 saturated carbocycles. The third-order valence-electron chi connectivity index (χ3n) is 2.46. The molecule has 0 aliphatic heterocycles. The molecule has 0 spiro atoms. The number of hydrogen-bond acceptors (Lipinski definition) is 4. The van der Waals surface area contributed by atoms with E-state index in [2.05, 4.69) is 4.98 Å². The van der Waals surface area contributed by atoms with Crippen molar-refractivity contribution in [1.82, 2.24) is 4.98 Å². The molecule has 0 aliphatic rings. The van der Waals surface area contributed by atoms with Crippen molar-refractivity contribution in [2.24, 2.45) is 0 Å². The number of esters is 1. The van der Waals surface area contributed by atoms with E-state index in [9.17, 15) is 4.79 Å². The average Bonchev–Trinajstić information content (AvgIpc) is 2.39. The van der Waals surface area contributed by atoms with Gasteiger partial charge in [-0.15, -0.1) is 0 Å². The van der Waals surface area contributed by atoms with Crippen LogP contribution in [0.1, 0.15) is 13.3 Å². The van der Waals surface area contributed by atoms with E-state index in [-0.39, 0.29) is 12.4 Å². The predicted molar refractivity (Wildman–Crippen MR) is 68.5 cm³/mol. The van der Waals surface area contributed by atoms with Crippen molar-refractivity contribution in [1.29, 1.82) is 0 Å². The molecule has 0 fully saturated rings. The molecule has 0 atom stereocenters. The van der Waals surface area contributed by atoms with Crippen molar-refractivity contribution < 1.29 is 14.3 Å². The predicted octanol–water partition coefficient (Wildman–Crippen LogP) is 2.57. The third kappa shape index (κ3) is 3.20. The van der Waals surface area contributed by atoms with E-state index in [0.29, 0.717) is 19.0 Å². The van der Waals surface area contributed by atoms with E-state index >= 15 is 0 Å². The Kier molecular flexibility index (Phi) is 4.12. The summed E-state index contributed by atoms with van der Waals surface area (Å²) in [5.74, 6) is 0.474. The maximum atomic E-state index is 11.1. The SMILES string of the molecule is CCOC(=O)CCOc1ccc2cccnc2c1. The number of benzene rings is 1. The van der Waals surface area contributed by atoms with Crippen LogP contribution in [0.4, 0.5) is 0 Å². The van der Waals surface area contributed by atoms with Gasteiger partial charge in [0.05, 0.1) is 25.2 Å². The van der Waals surface area contributed by atoms with Crippen molar-refractivity contribution >= 4 is 16.9 Å². The highest BCUT2D eigenvalue weighted by Crippen LogP contribution is 2.18. The van der Waals surface area contributed by atoms with Gasteiger partial charge in [0.1, 0.15) is 5.75 Å². The molecule has 0 bridgehead atoms. The lowest BCUT2D eigenvalue weighted by atomic mass is 10.2. The molecule has 0 N–H and O–H groups in total. The van der Waals surface area contributed by atoms with Crippen molar-refractivity contribution in [3.05, 3.63) is 36.5 Å². The van der Waals surface area contributed by atoms with Gasteiger partial charge in [0, 0.05) is 17.6 Å². The molecule has 18 heavy (non-hydrogen) atoms. The summed E-state index contributed by atoms with van der Waals surface area (Å²) in [6.45, 7) is 2.50. The van der Waals surface area contributed by atoms with Crippen LogP contribution in [0, 0.1) is 0 Å². The van der Waals surface area contributed by atoms with E-state index in [1.807, 2.05) is 30.3 Å². The largest absolute Gasteiger partial charge is 0.493 e. The monoisotopic (exact) mass is 245 g/mol. The summed E-state index contributed by atoms with van der Waals surface area (Å²) >= 11 is 0. The number of carbonyl (C=O) groups excluding carboxylic acids is 1. The normalized spacial score (nSPS) is 10.3. The first-order chi connectivity index (χ1) is 8.79. The van der Waals surface area contributed by atoms with Crippen LogP contribution in [0.25, 0.3) is 10.9 Å². The number of fused-ring (bicyclic) bond motifs is 1. The number of ether oxygens (including phenoxy) is 2. The summed E-state index contributed by atoms with van der Waals surface area (Å²) in [4.78, 5) is 15.4. The van der Waals surface area contributed by atoms with Crippen LogP contribution in [0.2, 0.25) is 0 Å². The first-order valence-corrected chi connectivity index (χ1v) is 5.93. The van der Waals surface area contributed by atoms with E-state index < -0.39 is 0 Å². The molecule has 2 rings (SSSR count). The number of nitrogens with zero attached hydrogens (tertiary/aromatic N) is 1. The van der Waals surface area contributed by atoms with Gasteiger partial charge in [-0.05, 0) is 25.1 Å². The molecular weight excluding hydrogens is 230 g/mol. The zero-order chi connectivity index (χ0) is 12.8. The first-order valence-electron chi connectivity index (χ1n) is 5.93. The minimum atomic E-state index is -0.239. The lowest BCUT2D eigenvalue weighted by Crippen LogP contribution is -2.09. The summed E-state index contributed by atoms with van der Waals surface area (Å²) in [6, 6.07) is 9.56. The maximum absolute atomic E-state index is 11.1. The summed E-state index contributed by atoms with van der Waals surface area (Å²) in [7, 11) is 0. The van der Waals surface area contributed by atoms with Gasteiger partial charge in [-0.3, -0.25) is 9.78 Å². The summed E-state index contributed by atoms with van der Waals surface area (Å²) < 4.78 is 10.3. The van der Waals surface area contributed by atoms with Crippen molar-refractivity contribution in [3.8, 4) is 5.75 Å². The Hall–Kier alpha value is -2.10. The van der Waals surface area contributed by atoms with Crippen molar-refractivity contribution in [3.63, 3.8) is 0 Å². The van der Waals surface area contributed by atoms with Gasteiger partial charge in [0.25, 0.3) is 0 Å². The number of pyridine rings is 1. The highest BCUT2D eigenvalue weighted by Gasteiger charge is 2.03. The zero-order valence-corrected chi connectivity index (χ0v) is 10.3. The zero-order valence-electron chi connectivity index (χ0n) is 10.3. The van der Waals surface area contributed by atoms with Gasteiger partial charge in [0.15, 0.2) is 0 Å². The van der Waals surface area contributed by atoms with Gasteiger partial charge in [0.2, 0.25) is 0 Å². The van der Waals surface area contributed by atoms with E-state index in [4.69, 9.17) is 9.47 Å². The molecule has 0 radical (unpaired) electrons. The van der Waals surface area contributed by atoms with Crippen molar-refractivity contribution in [2.45, 2.75) is 13.3 Å². The van der Waals surface area contributed by atoms with Gasteiger partial charge in [-0.25, -0.2) is 0 Å². The molecule has 2 aromatic rings. The van der Waals surface area contributed by atoms with Crippen LogP contribution in [-0.4, -0.2) is 24.2 Å². The Labute approximate surface area is 106 Å². The molecule has 0 amide bonds. The Morgan fingerprint density at radius 3 is 3.06 bits per heavy atom. The van der Waals surface area contributed by atoms with Gasteiger partial charge < -0.3 is 9.47 Å². The average molecular weight is 245 g/mol. The molecule has 0 saturated heterocycles. The smallest absolute Gasteiger partial charge is 0.309 e. The number of hydrogen-bond donors (Lipinski definition) is 0. The highest BCUT2D eigenvalue weighted by molar-refractivity contribution is 5.79. The Morgan fingerprint density at radius 2 is 2.22 bits per heavy atom. The quantitative estimate of drug-likeness (QED) is 0.759. The van der Waals surface area contributed by atoms with E-state index in [1.54, 1.807) is 13.1 Å². The van der Waals surface area contributed by atoms with Gasteiger partial charge in [-0.1, -0.05) is 6.07 Å². The summed E-state index contributed by atoms with van der Waals surface area (Å²) in [5.41, 5.74) is 0.881. The summed E-state index contributed by atoms with van der Waals surface area (Å²) in [5, 5.41) is 1.07. The molecule has 94 valence electrons. The maximum Gasteiger partial charge on any atom is 0.309 e. The van der Waals surface area contributed by atoms with Crippen LogP contribution >= 0.6 is 0 Å². The van der Waals surface area contributed by atoms with Crippen LogP contribution in [-0.2, 0) is 9.53 Å². The van der Waals surface area contributed by atoms with Crippen LogP contribution in [0.3, 0.4) is 0 Å². The Bertz CT molecular complexity index is 539. The van der Waals surface area contributed by atoms with Gasteiger partial charge >= 0.3 is 5.97 Å². The molecule has 1 heterocycles. The van der Waals surface area contributed by atoms with Gasteiger partial charge in [-0.2, -0.15) is 0 Å². The van der Waals surface area contributed by atoms with E-state index in [1.165, 1.54) is 0 Å². The lowest BCUT2D eigenvalue weighted by Gasteiger charge is -2.06. The molecule has 0 aliphatic carbocycles. The molecule has 4 heteroatoms. The Morgan fingerprint density at radius 1 is 1.33 bits per heavy atom. The fourth-order valence-electron chi connectivity index (χ4n) is 1.62. The van der Waals surface area contributed by atoms with Crippen molar-refractivity contribution in [2.75, 3.05) is 13.2 Å². The topological polar surface area (TPSA) is 48.4 Å². The van der Waals surface area contributed by atoms with Crippen LogP contribution in [0.15, 0.2) is 36.5 Å². The molecular formula is C14H15NO3. The first kappa shape index (κ1) is 12.4. The second kappa shape index (κ2) is 6.00. The molecule has 4 nitrogen and oxygen atoms in total. The van der Waals surface area contributed by atoms with E-state index in [0.717, 1.165) is 10.9 Å². The fourth-order valence-corrected chi connectivity index (χ4v) is 1.62. The second-order valence-corrected chi connectivity index (χ2v) is 3.76. The molecule has 1 aromatic carbocycles. The van der Waals surface area contributed by atoms with Crippen LogP contribution < -0.4 is 4.74 Å². The summed E-state index contributed by atoms with van der Waals surface area (Å²) in [6.07, 6.45) is 2.00.